The van der Waals surface area contributed by atoms with Gasteiger partial charge in [-0.1, -0.05) is 77.8 Å². The minimum atomic E-state index is -4.50. The topological polar surface area (TPSA) is 116 Å². The van der Waals surface area contributed by atoms with Gasteiger partial charge in [-0.3, -0.25) is 9.44 Å². The summed E-state index contributed by atoms with van der Waals surface area (Å²) in [7, 11) is -3.11. The predicted octanol–water partition coefficient (Wildman–Crippen LogP) is 11.2. The van der Waals surface area contributed by atoms with Crippen LogP contribution in [-0.4, -0.2) is 28.4 Å². The molecule has 8 nitrogen and oxygen atoms in total. The highest BCUT2D eigenvalue weighted by Gasteiger charge is 2.34. The molecule has 0 bridgehead atoms. The Balaban J connectivity index is 0.000000170. The smallest absolute Gasteiger partial charge is 0.338 e. The van der Waals surface area contributed by atoms with Crippen molar-refractivity contribution >= 4 is 78.6 Å². The van der Waals surface area contributed by atoms with Crippen molar-refractivity contribution in [3.05, 3.63) is 155 Å². The zero-order valence-corrected chi connectivity index (χ0v) is 31.1. The first-order chi connectivity index (χ1) is 26.4. The zero-order valence-electron chi connectivity index (χ0n) is 28.0. The number of alkyl halides is 3. The molecule has 2 heterocycles. The Kier molecular flexibility index (Phi) is 11.0. The number of halogens is 6. The molecule has 0 amide bonds. The maximum absolute atomic E-state index is 14.0. The normalized spacial score (nSPS) is 12.5. The Morgan fingerprint density at radius 3 is 1.49 bits per heavy atom. The van der Waals surface area contributed by atoms with Crippen molar-refractivity contribution in [1.29, 1.82) is 0 Å². The molecule has 4 N–H and O–H groups in total. The second-order valence-electron chi connectivity index (χ2n) is 11.8. The van der Waals surface area contributed by atoms with Crippen molar-refractivity contribution in [2.45, 2.75) is 16.0 Å². The molecule has 2 aromatic heterocycles. The molecule has 0 aliphatic heterocycles. The van der Waals surface area contributed by atoms with Crippen LogP contribution in [-0.2, 0) is 28.1 Å². The molecule has 8 rings (SSSR count). The van der Waals surface area contributed by atoms with Gasteiger partial charge in [-0.05, 0) is 78.9 Å². The Morgan fingerprint density at radius 2 is 1.00 bits per heavy atom. The fourth-order valence-electron chi connectivity index (χ4n) is 5.46. The maximum Gasteiger partial charge on any atom is 0.417 e. The molecule has 278 valence electrons. The van der Waals surface area contributed by atoms with Gasteiger partial charge in [0.2, 0.25) is 0 Å². The van der Waals surface area contributed by atoms with Gasteiger partial charge in [0.1, 0.15) is 39.4 Å². The lowest BCUT2D eigenvalue weighted by molar-refractivity contribution is -0.137. The third-order valence-electron chi connectivity index (χ3n) is 8.10. The fraction of sp³-hybridized carbons (Fsp3) is 0.0256. The van der Waals surface area contributed by atoms with E-state index < -0.39 is 33.7 Å². The van der Waals surface area contributed by atoms with E-state index in [9.17, 15) is 26.0 Å². The minimum absolute atomic E-state index is 0.0481. The highest BCUT2D eigenvalue weighted by atomic mass is 35.5. The summed E-state index contributed by atoms with van der Waals surface area (Å²) in [6.07, 6.45) is -4.50. The van der Waals surface area contributed by atoms with Gasteiger partial charge in [0.05, 0.1) is 64.4 Å². The van der Waals surface area contributed by atoms with E-state index in [4.69, 9.17) is 23.2 Å². The summed E-state index contributed by atoms with van der Waals surface area (Å²) in [5.41, 5.74) is 2.95. The van der Waals surface area contributed by atoms with Crippen LogP contribution in [0.2, 0.25) is 10.0 Å². The number of aromatic nitrogens is 4. The van der Waals surface area contributed by atoms with E-state index in [1.807, 2.05) is 6.07 Å². The molecular formula is C39H26Cl2F4N6O2S2. The SMILES string of the molecule is O=S(Nc1ccccc1Cl)c1ccc2nc(-c3ccccc3C(F)(F)F)[nH]c2c1.O=S(Nc1ccccc1Cl)c1ccc2nc(-c3ccccc3F)[nH]c2c1. The number of anilines is 2. The highest BCUT2D eigenvalue weighted by molar-refractivity contribution is 7.86. The van der Waals surface area contributed by atoms with E-state index in [1.165, 1.54) is 24.3 Å². The van der Waals surface area contributed by atoms with E-state index in [1.54, 1.807) is 97.1 Å². The van der Waals surface area contributed by atoms with Crippen LogP contribution in [0.5, 0.6) is 0 Å². The van der Waals surface area contributed by atoms with E-state index in [0.717, 1.165) is 6.07 Å². The summed E-state index contributed by atoms with van der Waals surface area (Å²) in [5, 5.41) is 0.916. The van der Waals surface area contributed by atoms with Gasteiger partial charge in [0, 0.05) is 5.56 Å². The summed E-state index contributed by atoms with van der Waals surface area (Å²) in [5.74, 6) is 0.172. The van der Waals surface area contributed by atoms with Gasteiger partial charge in [-0.15, -0.1) is 0 Å². The van der Waals surface area contributed by atoms with Crippen molar-refractivity contribution in [1.82, 2.24) is 19.9 Å². The van der Waals surface area contributed by atoms with Crippen molar-refractivity contribution in [3.8, 4) is 22.8 Å². The summed E-state index contributed by atoms with van der Waals surface area (Å²) >= 11 is 12.2. The number of fused-ring (bicyclic) bond motifs is 2. The number of imidazole rings is 2. The third-order valence-corrected chi connectivity index (χ3v) is 10.9. The molecule has 0 aliphatic rings. The number of benzene rings is 6. The Morgan fingerprint density at radius 1 is 0.564 bits per heavy atom. The van der Waals surface area contributed by atoms with Crippen LogP contribution in [0.25, 0.3) is 44.8 Å². The molecule has 6 aromatic carbocycles. The van der Waals surface area contributed by atoms with Crippen LogP contribution in [0.3, 0.4) is 0 Å². The number of aromatic amines is 2. The van der Waals surface area contributed by atoms with Crippen molar-refractivity contribution in [2.75, 3.05) is 9.44 Å². The quantitative estimate of drug-likeness (QED) is 0.114. The third kappa shape index (κ3) is 8.57. The lowest BCUT2D eigenvalue weighted by atomic mass is 10.1. The summed E-state index contributed by atoms with van der Waals surface area (Å²) in [6.45, 7) is 0. The van der Waals surface area contributed by atoms with Crippen molar-refractivity contribution in [2.24, 2.45) is 0 Å². The first kappa shape index (κ1) is 37.8. The van der Waals surface area contributed by atoms with Crippen molar-refractivity contribution < 1.29 is 26.0 Å². The lowest BCUT2D eigenvalue weighted by Crippen LogP contribution is -2.07. The Bertz CT molecular complexity index is 2720. The van der Waals surface area contributed by atoms with Crippen LogP contribution in [0, 0.1) is 5.82 Å². The molecule has 55 heavy (non-hydrogen) atoms. The molecular weight excluding hydrogens is 796 g/mol. The number of nitrogens with zero attached hydrogens (tertiary/aromatic N) is 2. The number of nitrogens with one attached hydrogen (secondary N) is 4. The van der Waals surface area contributed by atoms with E-state index in [0.29, 0.717) is 64.7 Å². The maximum atomic E-state index is 14.0. The molecule has 0 saturated heterocycles. The van der Waals surface area contributed by atoms with Crippen LogP contribution < -0.4 is 9.44 Å². The average Bonchev–Trinajstić information content (AvgIpc) is 3.81. The monoisotopic (exact) mass is 820 g/mol. The van der Waals surface area contributed by atoms with Crippen LogP contribution in [0.15, 0.2) is 143 Å². The Labute approximate surface area is 326 Å². The average molecular weight is 822 g/mol. The lowest BCUT2D eigenvalue weighted by Gasteiger charge is -2.10. The molecule has 16 heteroatoms. The number of hydrogen-bond donors (Lipinski definition) is 4. The molecule has 0 radical (unpaired) electrons. The molecule has 0 aliphatic carbocycles. The molecule has 0 saturated carbocycles. The van der Waals surface area contributed by atoms with Gasteiger partial charge >= 0.3 is 6.18 Å². The summed E-state index contributed by atoms with van der Waals surface area (Å²) in [6, 6.07) is 35.6. The first-order valence-corrected chi connectivity index (χ1v) is 19.3. The zero-order chi connectivity index (χ0) is 38.7. The first-order valence-electron chi connectivity index (χ1n) is 16.2. The number of hydrogen-bond acceptors (Lipinski definition) is 4. The molecule has 0 fully saturated rings. The second kappa shape index (κ2) is 16.1. The van der Waals surface area contributed by atoms with Crippen LogP contribution >= 0.6 is 23.2 Å². The summed E-state index contributed by atoms with van der Waals surface area (Å²) < 4.78 is 84.8. The highest BCUT2D eigenvalue weighted by Crippen LogP contribution is 2.37. The number of H-pyrrole nitrogens is 2. The van der Waals surface area contributed by atoms with Crippen LogP contribution in [0.4, 0.5) is 28.9 Å². The molecule has 2 atom stereocenters. The van der Waals surface area contributed by atoms with E-state index in [2.05, 4.69) is 29.4 Å². The van der Waals surface area contributed by atoms with Gasteiger partial charge in [0.25, 0.3) is 0 Å². The molecule has 0 spiro atoms. The Hall–Kier alpha value is -5.54. The number of para-hydroxylation sites is 2. The minimum Gasteiger partial charge on any atom is -0.338 e. The fourth-order valence-corrected chi connectivity index (χ4v) is 7.76. The van der Waals surface area contributed by atoms with Crippen LogP contribution in [0.1, 0.15) is 5.56 Å². The van der Waals surface area contributed by atoms with E-state index in [-0.39, 0.29) is 17.2 Å². The van der Waals surface area contributed by atoms with Gasteiger partial charge < -0.3 is 9.97 Å². The standard InChI is InChI=1S/C20H13ClF3N3OS.C19H13ClFN3OS/c21-15-7-3-4-8-16(15)27-29(28)12-9-10-17-18(11-12)26-19(25-17)13-5-1-2-6-14(13)20(22,23)24;20-14-6-2-4-8-16(14)24-26(25)12-9-10-17-18(11-12)23-19(22-17)13-5-1-3-7-15(13)21/h1-11,27H,(H,25,26);1-11,24H,(H,22,23). The predicted molar refractivity (Wildman–Crippen MR) is 211 cm³/mol. The number of rotatable bonds is 8. The van der Waals surface area contributed by atoms with E-state index >= 15 is 0 Å². The van der Waals surface area contributed by atoms with Crippen molar-refractivity contribution in [3.63, 3.8) is 0 Å². The second-order valence-corrected chi connectivity index (χ2v) is 15.0. The summed E-state index contributed by atoms with van der Waals surface area (Å²) in [4.78, 5) is 15.6. The molecule has 2 unspecified atom stereocenters. The van der Waals surface area contributed by atoms with Gasteiger partial charge in [-0.25, -0.2) is 22.8 Å². The van der Waals surface area contributed by atoms with Gasteiger partial charge in [-0.2, -0.15) is 13.2 Å². The largest absolute Gasteiger partial charge is 0.417 e. The molecule has 8 aromatic rings. The van der Waals surface area contributed by atoms with Gasteiger partial charge in [0.15, 0.2) is 0 Å².